The number of aromatic amines is 1. The summed E-state index contributed by atoms with van der Waals surface area (Å²) < 4.78 is 18.7. The molecule has 142 valence electrons. The quantitative estimate of drug-likeness (QED) is 0.505. The Morgan fingerprint density at radius 2 is 2.00 bits per heavy atom. The third kappa shape index (κ3) is 5.29. The first-order chi connectivity index (χ1) is 13.0. The first kappa shape index (κ1) is 19.4. The molecule has 27 heavy (non-hydrogen) atoms. The zero-order valence-corrected chi connectivity index (χ0v) is 16.6. The van der Waals surface area contributed by atoms with Crippen LogP contribution < -0.4 is 0 Å². The highest BCUT2D eigenvalue weighted by Crippen LogP contribution is 2.19. The molecule has 0 unspecified atom stereocenters. The van der Waals surface area contributed by atoms with E-state index in [-0.39, 0.29) is 11.7 Å². The lowest BCUT2D eigenvalue weighted by Gasteiger charge is -2.15. The highest BCUT2D eigenvalue weighted by Gasteiger charge is 2.13. The predicted molar refractivity (Wildman–Crippen MR) is 105 cm³/mol. The summed E-state index contributed by atoms with van der Waals surface area (Å²) in [7, 11) is 1.80. The molecule has 3 aromatic rings. The lowest BCUT2D eigenvalue weighted by atomic mass is 10.1. The van der Waals surface area contributed by atoms with E-state index in [4.69, 9.17) is 4.42 Å². The fourth-order valence-corrected chi connectivity index (χ4v) is 3.18. The Morgan fingerprint density at radius 1 is 1.22 bits per heavy atom. The number of benzene rings is 1. The normalized spacial score (nSPS) is 10.9. The second-order valence-electron chi connectivity index (χ2n) is 6.46. The van der Waals surface area contributed by atoms with Gasteiger partial charge in [-0.15, -0.1) is 0 Å². The van der Waals surface area contributed by atoms with Gasteiger partial charge in [-0.05, 0) is 65.5 Å². The van der Waals surface area contributed by atoms with E-state index in [0.29, 0.717) is 16.8 Å². The van der Waals surface area contributed by atoms with Crippen LogP contribution in [0.2, 0.25) is 0 Å². The summed E-state index contributed by atoms with van der Waals surface area (Å²) in [6.45, 7) is 0.700. The number of hydrogen-bond acceptors (Lipinski definition) is 3. The summed E-state index contributed by atoms with van der Waals surface area (Å²) in [6.07, 6.45) is 5.29. The van der Waals surface area contributed by atoms with Gasteiger partial charge in [-0.1, -0.05) is 6.42 Å². The lowest BCUT2D eigenvalue weighted by Crippen LogP contribution is -2.27. The average Bonchev–Trinajstić information content (AvgIpc) is 3.30. The van der Waals surface area contributed by atoms with Crippen LogP contribution in [0.5, 0.6) is 0 Å². The van der Waals surface area contributed by atoms with Crippen LogP contribution >= 0.6 is 15.9 Å². The van der Waals surface area contributed by atoms with Crippen LogP contribution in [0, 0.1) is 5.82 Å². The van der Waals surface area contributed by atoms with E-state index in [9.17, 15) is 9.18 Å². The van der Waals surface area contributed by atoms with Crippen LogP contribution in [-0.2, 0) is 6.42 Å². The standard InChI is InChI=1S/C20H21BrFN3O2/c1-25(20(26)15-11-19(21)27-13-15)10-4-2-3-5-17-12-18(24-23-17)14-6-8-16(22)9-7-14/h6-9,11-13H,2-5,10H2,1H3,(H,23,24). The SMILES string of the molecule is CN(CCCCCc1cc(-c2ccc(F)cc2)n[nH]1)C(=O)c1coc(Br)c1. The fraction of sp³-hybridized carbons (Fsp3) is 0.300. The summed E-state index contributed by atoms with van der Waals surface area (Å²) in [5, 5.41) is 7.33. The van der Waals surface area contributed by atoms with Gasteiger partial charge in [-0.25, -0.2) is 4.39 Å². The Hall–Kier alpha value is -2.41. The van der Waals surface area contributed by atoms with Gasteiger partial charge in [0.05, 0.1) is 11.3 Å². The number of amides is 1. The molecule has 0 saturated heterocycles. The maximum Gasteiger partial charge on any atom is 0.256 e. The van der Waals surface area contributed by atoms with Gasteiger partial charge in [-0.2, -0.15) is 5.10 Å². The minimum atomic E-state index is -0.252. The summed E-state index contributed by atoms with van der Waals surface area (Å²) in [5.74, 6) is -0.291. The maximum absolute atomic E-state index is 13.0. The lowest BCUT2D eigenvalue weighted by molar-refractivity contribution is 0.0792. The van der Waals surface area contributed by atoms with Crippen molar-refractivity contribution in [1.29, 1.82) is 0 Å². The van der Waals surface area contributed by atoms with E-state index in [1.54, 1.807) is 30.1 Å². The zero-order chi connectivity index (χ0) is 19.2. The van der Waals surface area contributed by atoms with Gasteiger partial charge >= 0.3 is 0 Å². The van der Waals surface area contributed by atoms with Crippen molar-refractivity contribution in [3.05, 3.63) is 64.4 Å². The van der Waals surface area contributed by atoms with Crippen molar-refractivity contribution in [1.82, 2.24) is 15.1 Å². The van der Waals surface area contributed by atoms with E-state index in [2.05, 4.69) is 26.1 Å². The molecule has 2 aromatic heterocycles. The Morgan fingerprint density at radius 3 is 2.70 bits per heavy atom. The van der Waals surface area contributed by atoms with Crippen molar-refractivity contribution in [2.75, 3.05) is 13.6 Å². The molecule has 0 aliphatic carbocycles. The van der Waals surface area contributed by atoms with Crippen molar-refractivity contribution in [3.8, 4) is 11.3 Å². The van der Waals surface area contributed by atoms with Crippen molar-refractivity contribution in [3.63, 3.8) is 0 Å². The molecule has 0 saturated carbocycles. The molecular formula is C20H21BrFN3O2. The van der Waals surface area contributed by atoms with E-state index in [0.717, 1.165) is 42.6 Å². The van der Waals surface area contributed by atoms with Crippen LogP contribution in [0.1, 0.15) is 35.3 Å². The number of furan rings is 1. The molecule has 0 bridgehead atoms. The molecule has 5 nitrogen and oxygen atoms in total. The minimum absolute atomic E-state index is 0.0399. The first-order valence-electron chi connectivity index (χ1n) is 8.82. The maximum atomic E-state index is 13.0. The predicted octanol–water partition coefficient (Wildman–Crippen LogP) is 5.06. The van der Waals surface area contributed by atoms with Gasteiger partial charge in [-0.3, -0.25) is 9.89 Å². The molecule has 3 rings (SSSR count). The number of rotatable bonds is 8. The zero-order valence-electron chi connectivity index (χ0n) is 15.0. The van der Waals surface area contributed by atoms with Crippen LogP contribution in [0.3, 0.4) is 0 Å². The topological polar surface area (TPSA) is 62.1 Å². The minimum Gasteiger partial charge on any atom is -0.457 e. The van der Waals surface area contributed by atoms with Crippen LogP contribution in [0.4, 0.5) is 4.39 Å². The number of carbonyl (C=O) groups is 1. The molecule has 1 aromatic carbocycles. The second-order valence-corrected chi connectivity index (χ2v) is 7.24. The highest BCUT2D eigenvalue weighted by molar-refractivity contribution is 9.10. The van der Waals surface area contributed by atoms with Crippen molar-refractivity contribution >= 4 is 21.8 Å². The summed E-state index contributed by atoms with van der Waals surface area (Å²) in [6, 6.07) is 9.99. The van der Waals surface area contributed by atoms with Gasteiger partial charge in [0.2, 0.25) is 0 Å². The monoisotopic (exact) mass is 433 g/mol. The van der Waals surface area contributed by atoms with Gasteiger partial charge in [0.25, 0.3) is 5.91 Å². The van der Waals surface area contributed by atoms with Crippen LogP contribution in [0.15, 0.2) is 51.7 Å². The third-order valence-corrected chi connectivity index (χ3v) is 4.79. The number of aryl methyl sites for hydroxylation is 1. The average molecular weight is 434 g/mol. The number of unbranched alkanes of at least 4 members (excludes halogenated alkanes) is 2. The fourth-order valence-electron chi connectivity index (χ4n) is 2.84. The summed E-state index contributed by atoms with van der Waals surface area (Å²) in [4.78, 5) is 13.9. The van der Waals surface area contributed by atoms with Gasteiger partial charge in [0.1, 0.15) is 12.1 Å². The molecule has 1 N–H and O–H groups in total. The number of carbonyl (C=O) groups excluding carboxylic acids is 1. The van der Waals surface area contributed by atoms with Crippen molar-refractivity contribution < 1.29 is 13.6 Å². The summed E-state index contributed by atoms with van der Waals surface area (Å²) in [5.41, 5.74) is 3.32. The van der Waals surface area contributed by atoms with Crippen molar-refractivity contribution in [2.45, 2.75) is 25.7 Å². The van der Waals surface area contributed by atoms with Gasteiger partial charge < -0.3 is 9.32 Å². The Balaban J connectivity index is 1.39. The highest BCUT2D eigenvalue weighted by atomic mass is 79.9. The Kier molecular flexibility index (Phi) is 6.45. The number of nitrogens with one attached hydrogen (secondary N) is 1. The molecule has 7 heteroatoms. The van der Waals surface area contributed by atoms with E-state index < -0.39 is 0 Å². The third-order valence-electron chi connectivity index (χ3n) is 4.37. The summed E-state index contributed by atoms with van der Waals surface area (Å²) >= 11 is 3.20. The van der Waals surface area contributed by atoms with E-state index in [1.165, 1.54) is 18.4 Å². The van der Waals surface area contributed by atoms with Crippen LogP contribution in [0.25, 0.3) is 11.3 Å². The second kappa shape index (κ2) is 8.99. The number of aromatic nitrogens is 2. The van der Waals surface area contributed by atoms with Crippen LogP contribution in [-0.4, -0.2) is 34.6 Å². The molecule has 0 atom stereocenters. The number of nitrogens with zero attached hydrogens (tertiary/aromatic N) is 2. The Labute approximate surface area is 165 Å². The molecule has 0 aliphatic heterocycles. The number of hydrogen-bond donors (Lipinski definition) is 1. The number of H-pyrrole nitrogens is 1. The molecule has 2 heterocycles. The molecule has 0 radical (unpaired) electrons. The molecule has 0 aliphatic rings. The van der Waals surface area contributed by atoms with Gasteiger partial charge in [0, 0.05) is 30.9 Å². The number of halogens is 2. The van der Waals surface area contributed by atoms with E-state index in [1.807, 2.05) is 6.07 Å². The smallest absolute Gasteiger partial charge is 0.256 e. The molecule has 1 amide bonds. The van der Waals surface area contributed by atoms with Crippen molar-refractivity contribution in [2.24, 2.45) is 0 Å². The molecule has 0 spiro atoms. The molecular weight excluding hydrogens is 413 g/mol. The van der Waals surface area contributed by atoms with E-state index >= 15 is 0 Å². The Bertz CT molecular complexity index is 889. The first-order valence-corrected chi connectivity index (χ1v) is 9.62. The molecule has 0 fully saturated rings. The van der Waals surface area contributed by atoms with Gasteiger partial charge in [0.15, 0.2) is 4.67 Å². The largest absolute Gasteiger partial charge is 0.457 e.